The maximum atomic E-state index is 11.5. The van der Waals surface area contributed by atoms with Crippen molar-refractivity contribution in [3.63, 3.8) is 0 Å². The summed E-state index contributed by atoms with van der Waals surface area (Å²) in [5.74, 6) is -0.984. The van der Waals surface area contributed by atoms with Gasteiger partial charge in [0, 0.05) is 24.2 Å². The minimum absolute atomic E-state index is 0.00616. The average Bonchev–Trinajstić information content (AvgIpc) is 3.28. The van der Waals surface area contributed by atoms with Crippen LogP contribution < -0.4 is 4.90 Å². The van der Waals surface area contributed by atoms with Crippen LogP contribution in [0.15, 0.2) is 30.5 Å². The van der Waals surface area contributed by atoms with Gasteiger partial charge >= 0.3 is 5.97 Å². The van der Waals surface area contributed by atoms with Gasteiger partial charge in [0.15, 0.2) is 0 Å². The van der Waals surface area contributed by atoms with Crippen LogP contribution in [0.2, 0.25) is 0 Å². The lowest BCUT2D eigenvalue weighted by molar-refractivity contribution is 0.0697. The van der Waals surface area contributed by atoms with Crippen LogP contribution in [0.3, 0.4) is 0 Å². The van der Waals surface area contributed by atoms with Crippen molar-refractivity contribution in [1.29, 1.82) is 0 Å². The Balaban J connectivity index is 2.23. The molecular formula is C15H16N2O3. The molecule has 5 heteroatoms. The van der Waals surface area contributed by atoms with E-state index in [0.29, 0.717) is 18.3 Å². The molecule has 1 heterocycles. The Hall–Kier alpha value is -2.14. The van der Waals surface area contributed by atoms with Gasteiger partial charge in [-0.3, -0.25) is 4.98 Å². The molecule has 20 heavy (non-hydrogen) atoms. The zero-order chi connectivity index (χ0) is 14.1. The third kappa shape index (κ3) is 2.20. The first kappa shape index (κ1) is 12.9. The molecule has 1 aromatic carbocycles. The number of carboxylic acids is 1. The molecule has 2 aromatic rings. The van der Waals surface area contributed by atoms with E-state index in [0.717, 1.165) is 23.7 Å². The molecule has 3 rings (SSSR count). The molecule has 1 saturated carbocycles. The number of nitrogens with zero attached hydrogens (tertiary/aromatic N) is 2. The van der Waals surface area contributed by atoms with Gasteiger partial charge in [-0.1, -0.05) is 18.2 Å². The van der Waals surface area contributed by atoms with Crippen molar-refractivity contribution in [3.05, 3.63) is 36.0 Å². The van der Waals surface area contributed by atoms with E-state index in [1.54, 1.807) is 0 Å². The first-order valence-electron chi connectivity index (χ1n) is 6.71. The van der Waals surface area contributed by atoms with Crippen LogP contribution >= 0.6 is 0 Å². The molecule has 0 atom stereocenters. The van der Waals surface area contributed by atoms with Crippen LogP contribution in [0, 0.1) is 0 Å². The van der Waals surface area contributed by atoms with E-state index in [9.17, 15) is 15.0 Å². The first-order chi connectivity index (χ1) is 9.72. The second-order valence-corrected chi connectivity index (χ2v) is 4.99. The largest absolute Gasteiger partial charge is 0.478 e. The van der Waals surface area contributed by atoms with Crippen LogP contribution in [-0.2, 0) is 0 Å². The van der Waals surface area contributed by atoms with Gasteiger partial charge < -0.3 is 15.1 Å². The number of benzene rings is 1. The zero-order valence-electron chi connectivity index (χ0n) is 11.0. The summed E-state index contributed by atoms with van der Waals surface area (Å²) in [7, 11) is 0. The Labute approximate surface area is 116 Å². The Morgan fingerprint density at radius 3 is 2.75 bits per heavy atom. The molecule has 0 unspecified atom stereocenters. The van der Waals surface area contributed by atoms with Crippen molar-refractivity contribution >= 4 is 22.6 Å². The number of aromatic carboxylic acids is 1. The van der Waals surface area contributed by atoms with Crippen molar-refractivity contribution in [2.75, 3.05) is 18.1 Å². The Bertz CT molecular complexity index is 653. The summed E-state index contributed by atoms with van der Waals surface area (Å²) in [6.45, 7) is 0.450. The van der Waals surface area contributed by atoms with E-state index in [1.165, 1.54) is 6.20 Å². The predicted octanol–water partition coefficient (Wildman–Crippen LogP) is 1.89. The van der Waals surface area contributed by atoms with Crippen molar-refractivity contribution < 1.29 is 15.0 Å². The Morgan fingerprint density at radius 2 is 2.10 bits per heavy atom. The molecule has 1 aliphatic rings. The third-order valence-corrected chi connectivity index (χ3v) is 3.59. The molecule has 0 amide bonds. The Kier molecular flexibility index (Phi) is 3.28. The van der Waals surface area contributed by atoms with Gasteiger partial charge in [-0.15, -0.1) is 0 Å². The summed E-state index contributed by atoms with van der Waals surface area (Å²) in [6, 6.07) is 7.84. The molecule has 1 aromatic heterocycles. The SMILES string of the molecule is O=C(O)c1cnc2ccccc2c1N(CCO)C1CC1. The van der Waals surface area contributed by atoms with Gasteiger partial charge in [0.25, 0.3) is 0 Å². The molecule has 5 nitrogen and oxygen atoms in total. The van der Waals surface area contributed by atoms with Crippen LogP contribution in [-0.4, -0.2) is 40.4 Å². The van der Waals surface area contributed by atoms with E-state index in [-0.39, 0.29) is 12.2 Å². The smallest absolute Gasteiger partial charge is 0.339 e. The quantitative estimate of drug-likeness (QED) is 0.869. The lowest BCUT2D eigenvalue weighted by Gasteiger charge is -2.26. The van der Waals surface area contributed by atoms with E-state index in [2.05, 4.69) is 4.98 Å². The minimum Gasteiger partial charge on any atom is -0.478 e. The van der Waals surface area contributed by atoms with Gasteiger partial charge in [0.1, 0.15) is 5.56 Å². The second kappa shape index (κ2) is 5.09. The highest BCUT2D eigenvalue weighted by Gasteiger charge is 2.32. The van der Waals surface area contributed by atoms with Crippen LogP contribution in [0.1, 0.15) is 23.2 Å². The molecule has 2 N–H and O–H groups in total. The normalized spacial score (nSPS) is 14.4. The fourth-order valence-corrected chi connectivity index (χ4v) is 2.56. The van der Waals surface area contributed by atoms with Gasteiger partial charge in [-0.25, -0.2) is 4.79 Å². The summed E-state index contributed by atoms with van der Waals surface area (Å²) in [6.07, 6.45) is 3.48. The number of hydrogen-bond donors (Lipinski definition) is 2. The van der Waals surface area contributed by atoms with Crippen molar-refractivity contribution in [2.24, 2.45) is 0 Å². The number of pyridine rings is 1. The molecule has 104 valence electrons. The second-order valence-electron chi connectivity index (χ2n) is 4.99. The van der Waals surface area contributed by atoms with Crippen LogP contribution in [0.4, 0.5) is 5.69 Å². The maximum Gasteiger partial charge on any atom is 0.339 e. The lowest BCUT2D eigenvalue weighted by Crippen LogP contribution is -2.30. The molecule has 0 saturated heterocycles. The number of carbonyl (C=O) groups is 1. The zero-order valence-corrected chi connectivity index (χ0v) is 11.0. The molecule has 0 spiro atoms. The minimum atomic E-state index is -0.984. The number of fused-ring (bicyclic) bond motifs is 1. The highest BCUT2D eigenvalue weighted by atomic mass is 16.4. The topological polar surface area (TPSA) is 73.7 Å². The molecule has 1 aliphatic carbocycles. The molecule has 1 fully saturated rings. The molecular weight excluding hydrogens is 256 g/mol. The number of para-hydroxylation sites is 1. The Morgan fingerprint density at radius 1 is 1.35 bits per heavy atom. The monoisotopic (exact) mass is 272 g/mol. The van der Waals surface area contributed by atoms with Gasteiger partial charge in [-0.2, -0.15) is 0 Å². The molecule has 0 bridgehead atoms. The highest BCUT2D eigenvalue weighted by Crippen LogP contribution is 2.37. The van der Waals surface area contributed by atoms with E-state index in [1.807, 2.05) is 29.2 Å². The van der Waals surface area contributed by atoms with Crippen molar-refractivity contribution in [1.82, 2.24) is 4.98 Å². The predicted molar refractivity (Wildman–Crippen MR) is 76.2 cm³/mol. The van der Waals surface area contributed by atoms with Crippen molar-refractivity contribution in [2.45, 2.75) is 18.9 Å². The fourth-order valence-electron chi connectivity index (χ4n) is 2.56. The van der Waals surface area contributed by atoms with Gasteiger partial charge in [-0.05, 0) is 18.9 Å². The number of aliphatic hydroxyl groups is 1. The maximum absolute atomic E-state index is 11.5. The average molecular weight is 272 g/mol. The summed E-state index contributed by atoms with van der Waals surface area (Å²) < 4.78 is 0. The fraction of sp³-hybridized carbons (Fsp3) is 0.333. The van der Waals surface area contributed by atoms with Gasteiger partial charge in [0.05, 0.1) is 17.8 Å². The van der Waals surface area contributed by atoms with Crippen molar-refractivity contribution in [3.8, 4) is 0 Å². The summed E-state index contributed by atoms with van der Waals surface area (Å²) in [5, 5.41) is 19.5. The highest BCUT2D eigenvalue weighted by molar-refractivity contribution is 6.04. The number of hydrogen-bond acceptors (Lipinski definition) is 4. The summed E-state index contributed by atoms with van der Waals surface area (Å²) in [4.78, 5) is 17.7. The van der Waals surface area contributed by atoms with Crippen LogP contribution in [0.5, 0.6) is 0 Å². The van der Waals surface area contributed by atoms with E-state index < -0.39 is 5.97 Å². The number of aromatic nitrogens is 1. The molecule has 0 aliphatic heterocycles. The molecule has 0 radical (unpaired) electrons. The van der Waals surface area contributed by atoms with E-state index in [4.69, 9.17) is 0 Å². The number of rotatable bonds is 5. The lowest BCUT2D eigenvalue weighted by atomic mass is 10.1. The number of anilines is 1. The van der Waals surface area contributed by atoms with Crippen LogP contribution in [0.25, 0.3) is 10.9 Å². The van der Waals surface area contributed by atoms with E-state index >= 15 is 0 Å². The summed E-state index contributed by atoms with van der Waals surface area (Å²) >= 11 is 0. The van der Waals surface area contributed by atoms with Gasteiger partial charge in [0.2, 0.25) is 0 Å². The third-order valence-electron chi connectivity index (χ3n) is 3.59. The summed E-state index contributed by atoms with van der Waals surface area (Å²) in [5.41, 5.74) is 1.65. The first-order valence-corrected chi connectivity index (χ1v) is 6.71. The number of aliphatic hydroxyl groups excluding tert-OH is 1. The standard InChI is InChI=1S/C15H16N2O3/c18-8-7-17(10-5-6-10)14-11-3-1-2-4-13(11)16-9-12(14)15(19)20/h1-4,9-10,18H,5-8H2,(H,19,20). The number of carboxylic acid groups (broad SMARTS) is 1.